The number of nitrogens with zero attached hydrogens (tertiary/aromatic N) is 3. The monoisotopic (exact) mass is 999 g/mol. The maximum Gasteiger partial charge on any atom is 0.476 e. The summed E-state index contributed by atoms with van der Waals surface area (Å²) >= 11 is 0. The van der Waals surface area contributed by atoms with Gasteiger partial charge in [-0.05, 0) is 143 Å². The lowest BCUT2D eigenvalue weighted by Gasteiger charge is -2.31. The zero-order valence-corrected chi connectivity index (χ0v) is 44.5. The third kappa shape index (κ3) is 16.5. The van der Waals surface area contributed by atoms with Crippen LogP contribution < -0.4 is 14.2 Å². The summed E-state index contributed by atoms with van der Waals surface area (Å²) in [6, 6.07) is 18.3. The number of hydrogen-bond donors (Lipinski definition) is 0. The Morgan fingerprint density at radius 1 is 0.522 bits per heavy atom. The van der Waals surface area contributed by atoms with Crippen molar-refractivity contribution < 1.29 is 69.7 Å². The van der Waals surface area contributed by atoms with Gasteiger partial charge in [-0.15, -0.1) is 0 Å². The molecule has 20 heteroatoms. The van der Waals surface area contributed by atoms with Crippen LogP contribution >= 0.6 is 15.6 Å². The average Bonchev–Trinajstić information content (AvgIpc) is 3.51. The Bertz CT molecular complexity index is 2400. The molecule has 2 amide bonds. The van der Waals surface area contributed by atoms with Gasteiger partial charge in [0.05, 0.1) is 53.9 Å². The van der Waals surface area contributed by atoms with Crippen LogP contribution in [-0.4, -0.2) is 95.8 Å². The summed E-state index contributed by atoms with van der Waals surface area (Å²) in [5.74, 6) is -4.20. The van der Waals surface area contributed by atoms with Crippen molar-refractivity contribution in [2.45, 2.75) is 119 Å². The Morgan fingerprint density at radius 2 is 0.855 bits per heavy atom. The van der Waals surface area contributed by atoms with Gasteiger partial charge < -0.3 is 24.0 Å². The number of amides is 2. The third-order valence-electron chi connectivity index (χ3n) is 8.67. The second-order valence-electron chi connectivity index (χ2n) is 20.2. The van der Waals surface area contributed by atoms with E-state index in [4.69, 9.17) is 41.4 Å². The number of phosphoric acid groups is 2. The summed E-state index contributed by atoms with van der Waals surface area (Å²) in [6.45, 7) is 19.8. The molecule has 0 N–H and O–H groups in total. The number of rotatable bonds is 18. The van der Waals surface area contributed by atoms with Crippen molar-refractivity contribution in [3.8, 4) is 22.9 Å². The van der Waals surface area contributed by atoms with Gasteiger partial charge in [-0.3, -0.25) is 41.3 Å². The van der Waals surface area contributed by atoms with Crippen LogP contribution in [0.1, 0.15) is 136 Å². The van der Waals surface area contributed by atoms with E-state index >= 15 is 0 Å². The number of carbonyl (C=O) groups is 4. The minimum atomic E-state index is -4.16. The van der Waals surface area contributed by atoms with E-state index < -0.39 is 73.3 Å². The summed E-state index contributed by atoms with van der Waals surface area (Å²) < 4.78 is 81.0. The minimum absolute atomic E-state index is 0.0616. The lowest BCUT2D eigenvalue weighted by Crippen LogP contribution is -2.28. The number of ether oxygens (including phenoxy) is 3. The second kappa shape index (κ2) is 21.9. The van der Waals surface area contributed by atoms with E-state index in [1.165, 1.54) is 86.1 Å². The van der Waals surface area contributed by atoms with E-state index in [2.05, 4.69) is 0 Å². The predicted octanol–water partition coefficient (Wildman–Crippen LogP) is 10.8. The Morgan fingerprint density at radius 3 is 1.14 bits per heavy atom. The highest BCUT2D eigenvalue weighted by molar-refractivity contribution is 7.48. The second-order valence-corrected chi connectivity index (χ2v) is 23.3. The molecule has 0 saturated carbocycles. The lowest BCUT2D eigenvalue weighted by molar-refractivity contribution is -0.000870. The molecule has 4 rings (SSSR count). The first-order valence-electron chi connectivity index (χ1n) is 21.9. The Hall–Kier alpha value is -5.16. The predicted molar refractivity (Wildman–Crippen MR) is 259 cm³/mol. The smallest absolute Gasteiger partial charge is 0.476 e. The summed E-state index contributed by atoms with van der Waals surface area (Å²) in [5, 5.41) is 0. The molecule has 18 nitrogen and oxygen atoms in total. The normalized spacial score (nSPS) is 12.7. The first-order valence-corrected chi connectivity index (χ1v) is 24.8. The molecule has 0 saturated heterocycles. The van der Waals surface area contributed by atoms with Gasteiger partial charge in [0.15, 0.2) is 11.4 Å². The number of aromatic nitrogens is 1. The fourth-order valence-electron chi connectivity index (χ4n) is 6.19. The SMILES string of the molecule is COc1ccc(-n2c(C(=O)N(C)C)c(OC(=O)c3cccc(COP(=O)(OC(C)(C)C)OC(C)(C)C)c3)c(OC(=O)c3cccc(COP(=O)(OC(C)(C)C)OC(C)(C)C)c3)c2C(=O)N(C)C)cc1. The molecule has 0 aliphatic carbocycles. The first kappa shape index (κ1) is 56.4. The van der Waals surface area contributed by atoms with E-state index in [0.717, 1.165) is 0 Å². The van der Waals surface area contributed by atoms with Gasteiger partial charge in [0.2, 0.25) is 11.5 Å². The van der Waals surface area contributed by atoms with Crippen molar-refractivity contribution >= 4 is 39.4 Å². The highest BCUT2D eigenvalue weighted by Crippen LogP contribution is 2.57. The highest BCUT2D eigenvalue weighted by atomic mass is 31.2. The van der Waals surface area contributed by atoms with Gasteiger partial charge in [-0.2, -0.15) is 0 Å². The van der Waals surface area contributed by atoms with Gasteiger partial charge in [0.1, 0.15) is 5.75 Å². The highest BCUT2D eigenvalue weighted by Gasteiger charge is 2.41. The maximum atomic E-state index is 14.4. The van der Waals surface area contributed by atoms with Crippen molar-refractivity contribution in [2.75, 3.05) is 35.3 Å². The molecule has 4 aromatic rings. The van der Waals surface area contributed by atoms with Crippen molar-refractivity contribution in [1.82, 2.24) is 14.4 Å². The molecule has 1 aromatic heterocycles. The first-order chi connectivity index (χ1) is 31.6. The molecular formula is C49H67N3O15P2. The van der Waals surface area contributed by atoms with Crippen molar-refractivity contribution in [1.29, 1.82) is 0 Å². The standard InChI is InChI=1S/C49H67N3O15P2/c1-46(2,3)64-68(57,65-47(4,5)6)60-30-32-20-18-22-34(28-32)44(55)62-40-38(42(53)50(13)14)52(36-24-26-37(59-17)27-25-36)39(43(54)51(15)16)41(40)63-45(56)35-23-19-21-33(29-35)31-61-69(58,66-48(7,8)9)67-49(10,11)12/h18-29H,30-31H2,1-17H3. The lowest BCUT2D eigenvalue weighted by atomic mass is 10.1. The Labute approximate surface area is 405 Å². The van der Waals surface area contributed by atoms with Crippen LogP contribution in [0, 0.1) is 0 Å². The van der Waals surface area contributed by atoms with Crippen LogP contribution in [0.2, 0.25) is 0 Å². The number of benzene rings is 3. The van der Waals surface area contributed by atoms with Gasteiger partial charge >= 0.3 is 27.6 Å². The molecule has 0 fully saturated rings. The number of phosphoric ester groups is 2. The number of esters is 2. The summed E-state index contributed by atoms with van der Waals surface area (Å²) in [4.78, 5) is 60.0. The third-order valence-corrected chi connectivity index (χ3v) is 12.6. The van der Waals surface area contributed by atoms with Gasteiger partial charge in [0.25, 0.3) is 11.8 Å². The van der Waals surface area contributed by atoms with E-state index in [1.54, 1.807) is 119 Å². The number of methoxy groups -OCH3 is 1. The fraction of sp³-hybridized carbons (Fsp3) is 0.469. The van der Waals surface area contributed by atoms with E-state index in [9.17, 15) is 28.3 Å². The van der Waals surface area contributed by atoms with Gasteiger partial charge in [0, 0.05) is 33.9 Å². The van der Waals surface area contributed by atoms with Gasteiger partial charge in [-0.1, -0.05) is 24.3 Å². The fourth-order valence-corrected chi connectivity index (χ4v) is 9.77. The van der Waals surface area contributed by atoms with Crippen LogP contribution in [-0.2, 0) is 49.5 Å². The molecule has 0 spiro atoms. The van der Waals surface area contributed by atoms with Crippen molar-refractivity contribution in [2.24, 2.45) is 0 Å². The average molecular weight is 1000 g/mol. The molecule has 1 heterocycles. The molecular weight excluding hydrogens is 932 g/mol. The Balaban J connectivity index is 1.88. The molecule has 0 atom stereocenters. The van der Waals surface area contributed by atoms with Crippen LogP contribution in [0.15, 0.2) is 72.8 Å². The maximum absolute atomic E-state index is 14.4. The largest absolute Gasteiger partial charge is 0.497 e. The molecule has 0 aliphatic rings. The molecule has 0 unspecified atom stereocenters. The molecule has 378 valence electrons. The van der Waals surface area contributed by atoms with E-state index in [0.29, 0.717) is 16.9 Å². The van der Waals surface area contributed by atoms with Crippen molar-refractivity contribution in [3.05, 3.63) is 106 Å². The molecule has 69 heavy (non-hydrogen) atoms. The van der Waals surface area contributed by atoms with Crippen LogP contribution in [0.3, 0.4) is 0 Å². The summed E-state index contributed by atoms with van der Waals surface area (Å²) in [5.41, 5.74) is -3.47. The minimum Gasteiger partial charge on any atom is -0.497 e. The summed E-state index contributed by atoms with van der Waals surface area (Å²) in [6.07, 6.45) is 0. The number of hydrogen-bond acceptors (Lipinski definition) is 15. The summed E-state index contributed by atoms with van der Waals surface area (Å²) in [7, 11) is -1.03. The Kier molecular flexibility index (Phi) is 17.9. The van der Waals surface area contributed by atoms with Crippen molar-refractivity contribution in [3.63, 3.8) is 0 Å². The topological polar surface area (TPSA) is 197 Å². The quantitative estimate of drug-likeness (QED) is 0.0673. The number of carbonyl (C=O) groups excluding carboxylic acids is 4. The zero-order chi connectivity index (χ0) is 52.1. The van der Waals surface area contributed by atoms with Crippen LogP contribution in [0.25, 0.3) is 5.69 Å². The zero-order valence-electron chi connectivity index (χ0n) is 42.7. The molecule has 0 radical (unpaired) electrons. The molecule has 3 aromatic carbocycles. The van der Waals surface area contributed by atoms with Gasteiger partial charge in [-0.25, -0.2) is 18.7 Å². The van der Waals surface area contributed by atoms with Crippen LogP contribution in [0.4, 0.5) is 0 Å². The van der Waals surface area contributed by atoms with E-state index in [-0.39, 0.29) is 41.4 Å². The molecule has 0 aliphatic heterocycles. The van der Waals surface area contributed by atoms with E-state index in [1.807, 2.05) is 0 Å². The van der Waals surface area contributed by atoms with Crippen LogP contribution in [0.5, 0.6) is 17.2 Å². The molecule has 0 bridgehead atoms.